The van der Waals surface area contributed by atoms with Crippen LogP contribution in [0.15, 0.2) is 24.3 Å². The number of methoxy groups -OCH3 is 1. The molecule has 0 saturated heterocycles. The topological polar surface area (TPSA) is 70.2 Å². The fraction of sp³-hybridized carbons (Fsp3) is 0.438. The van der Waals surface area contributed by atoms with Crippen molar-refractivity contribution in [1.29, 1.82) is 0 Å². The largest absolute Gasteiger partial charge is 0.378 e. The van der Waals surface area contributed by atoms with Crippen molar-refractivity contribution < 1.29 is 9.66 Å². The lowest BCUT2D eigenvalue weighted by molar-refractivity contribution is -0.384. The number of nitrogens with zero attached hydrogens (tertiary/aromatic N) is 3. The van der Waals surface area contributed by atoms with Gasteiger partial charge in [-0.15, -0.1) is 0 Å². The predicted octanol–water partition coefficient (Wildman–Crippen LogP) is 3.02. The normalized spacial score (nSPS) is 10.9. The number of aromatic nitrogens is 2. The number of hydrogen-bond donors (Lipinski definition) is 0. The van der Waals surface area contributed by atoms with Gasteiger partial charge in [-0.25, -0.2) is 0 Å². The summed E-state index contributed by atoms with van der Waals surface area (Å²) in [6.45, 7) is 2.63. The molecule has 0 aliphatic heterocycles. The first kappa shape index (κ1) is 16.2. The third kappa shape index (κ3) is 3.51. The molecule has 0 atom stereocenters. The van der Waals surface area contributed by atoms with Gasteiger partial charge in [0.2, 0.25) is 0 Å². The molecule has 2 aromatic rings. The Morgan fingerprint density at radius 1 is 1.32 bits per heavy atom. The summed E-state index contributed by atoms with van der Waals surface area (Å²) in [6, 6.07) is 6.69. The Morgan fingerprint density at radius 2 is 2.00 bits per heavy atom. The van der Waals surface area contributed by atoms with Crippen molar-refractivity contribution in [3.8, 4) is 0 Å². The first-order valence-corrected chi connectivity index (χ1v) is 7.32. The molecule has 1 aromatic carbocycles. The monoisotopic (exact) mass is 303 g/mol. The van der Waals surface area contributed by atoms with Gasteiger partial charge >= 0.3 is 0 Å². The minimum atomic E-state index is -0.382. The quantitative estimate of drug-likeness (QED) is 0.582. The van der Waals surface area contributed by atoms with E-state index in [1.165, 1.54) is 5.56 Å². The zero-order valence-electron chi connectivity index (χ0n) is 13.2. The number of hydrogen-bond acceptors (Lipinski definition) is 4. The molecule has 22 heavy (non-hydrogen) atoms. The van der Waals surface area contributed by atoms with Crippen molar-refractivity contribution in [3.63, 3.8) is 0 Å². The van der Waals surface area contributed by atoms with Crippen LogP contribution in [-0.4, -0.2) is 21.8 Å². The highest BCUT2D eigenvalue weighted by Gasteiger charge is 2.16. The zero-order valence-corrected chi connectivity index (χ0v) is 13.2. The highest BCUT2D eigenvalue weighted by atomic mass is 16.6. The van der Waals surface area contributed by atoms with Gasteiger partial charge in [-0.2, -0.15) is 5.10 Å². The highest BCUT2D eigenvalue weighted by molar-refractivity contribution is 5.38. The van der Waals surface area contributed by atoms with E-state index in [0.29, 0.717) is 13.0 Å². The lowest BCUT2D eigenvalue weighted by atomic mass is 10.0. The fourth-order valence-electron chi connectivity index (χ4n) is 2.56. The van der Waals surface area contributed by atoms with Gasteiger partial charge in [-0.3, -0.25) is 14.8 Å². The molecule has 0 aliphatic rings. The minimum absolute atomic E-state index is 0.112. The van der Waals surface area contributed by atoms with Crippen molar-refractivity contribution in [1.82, 2.24) is 9.78 Å². The molecule has 0 saturated carbocycles. The number of benzene rings is 1. The van der Waals surface area contributed by atoms with Gasteiger partial charge < -0.3 is 4.74 Å². The lowest BCUT2D eigenvalue weighted by Crippen LogP contribution is -2.02. The second-order valence-corrected chi connectivity index (χ2v) is 5.28. The molecule has 0 N–H and O–H groups in total. The molecule has 6 heteroatoms. The standard InChI is InChI=1S/C16H21N3O3/c1-4-5-15-14(16(11-22-3)18(2)17-15)10-12-6-8-13(9-7-12)19(20)21/h6-9H,4-5,10-11H2,1-3H3. The summed E-state index contributed by atoms with van der Waals surface area (Å²) in [5, 5.41) is 15.3. The van der Waals surface area contributed by atoms with E-state index < -0.39 is 0 Å². The van der Waals surface area contributed by atoms with Crippen LogP contribution in [0.3, 0.4) is 0 Å². The summed E-state index contributed by atoms with van der Waals surface area (Å²) in [7, 11) is 3.59. The van der Waals surface area contributed by atoms with E-state index in [4.69, 9.17) is 4.74 Å². The van der Waals surface area contributed by atoms with E-state index in [1.807, 2.05) is 11.7 Å². The molecule has 0 amide bonds. The van der Waals surface area contributed by atoms with Crippen LogP contribution in [0, 0.1) is 10.1 Å². The molecule has 0 radical (unpaired) electrons. The maximum atomic E-state index is 10.7. The second kappa shape index (κ2) is 7.17. The predicted molar refractivity (Wildman–Crippen MR) is 83.8 cm³/mol. The average Bonchev–Trinajstić information content (AvgIpc) is 2.77. The SMILES string of the molecule is CCCc1nn(C)c(COC)c1Cc1ccc([N+](=O)[O-])cc1. The van der Waals surface area contributed by atoms with Crippen molar-refractivity contribution in [2.75, 3.05) is 7.11 Å². The molecule has 118 valence electrons. The van der Waals surface area contributed by atoms with Gasteiger partial charge in [0.1, 0.15) is 0 Å². The third-order valence-electron chi connectivity index (χ3n) is 3.65. The first-order valence-electron chi connectivity index (χ1n) is 7.32. The smallest absolute Gasteiger partial charge is 0.269 e. The van der Waals surface area contributed by atoms with Gasteiger partial charge in [0, 0.05) is 38.3 Å². The molecule has 0 aliphatic carbocycles. The Bertz CT molecular complexity index is 647. The summed E-state index contributed by atoms with van der Waals surface area (Å²) in [5.41, 5.74) is 4.45. The van der Waals surface area contributed by atoms with Crippen LogP contribution in [0.5, 0.6) is 0 Å². The number of ether oxygens (including phenoxy) is 1. The maximum absolute atomic E-state index is 10.7. The lowest BCUT2D eigenvalue weighted by Gasteiger charge is -2.07. The Morgan fingerprint density at radius 3 is 2.55 bits per heavy atom. The fourth-order valence-corrected chi connectivity index (χ4v) is 2.56. The Kier molecular flexibility index (Phi) is 5.27. The molecular formula is C16H21N3O3. The van der Waals surface area contributed by atoms with Crippen LogP contribution < -0.4 is 0 Å². The molecule has 0 fully saturated rings. The van der Waals surface area contributed by atoms with Crippen molar-refractivity contribution >= 4 is 5.69 Å². The van der Waals surface area contributed by atoms with Gasteiger partial charge in [0.15, 0.2) is 0 Å². The number of non-ortho nitro benzene ring substituents is 1. The Hall–Kier alpha value is -2.21. The minimum Gasteiger partial charge on any atom is -0.378 e. The van der Waals surface area contributed by atoms with Crippen molar-refractivity contribution in [3.05, 3.63) is 56.9 Å². The average molecular weight is 303 g/mol. The maximum Gasteiger partial charge on any atom is 0.269 e. The van der Waals surface area contributed by atoms with Gasteiger partial charge in [0.05, 0.1) is 22.9 Å². The van der Waals surface area contributed by atoms with E-state index >= 15 is 0 Å². The van der Waals surface area contributed by atoms with E-state index in [9.17, 15) is 10.1 Å². The van der Waals surface area contributed by atoms with Gasteiger partial charge in [-0.05, 0) is 12.0 Å². The third-order valence-corrected chi connectivity index (χ3v) is 3.65. The van der Waals surface area contributed by atoms with Crippen molar-refractivity contribution in [2.24, 2.45) is 7.05 Å². The van der Waals surface area contributed by atoms with Crippen LogP contribution in [-0.2, 0) is 31.2 Å². The zero-order chi connectivity index (χ0) is 16.1. The summed E-state index contributed by atoms with van der Waals surface area (Å²) >= 11 is 0. The van der Waals surface area contributed by atoms with Crippen LogP contribution in [0.25, 0.3) is 0 Å². The summed E-state index contributed by atoms with van der Waals surface area (Å²) < 4.78 is 7.15. The first-order chi connectivity index (χ1) is 10.6. The molecule has 1 aromatic heterocycles. The van der Waals surface area contributed by atoms with Gasteiger partial charge in [-0.1, -0.05) is 25.5 Å². The van der Waals surface area contributed by atoms with E-state index in [2.05, 4.69) is 12.0 Å². The Labute approximate surface area is 129 Å². The molecule has 1 heterocycles. The highest BCUT2D eigenvalue weighted by Crippen LogP contribution is 2.22. The Balaban J connectivity index is 2.32. The number of nitro benzene ring substituents is 1. The van der Waals surface area contributed by atoms with Crippen LogP contribution in [0.1, 0.15) is 35.9 Å². The summed E-state index contributed by atoms with van der Waals surface area (Å²) in [5.74, 6) is 0. The van der Waals surface area contributed by atoms with Crippen LogP contribution >= 0.6 is 0 Å². The van der Waals surface area contributed by atoms with Gasteiger partial charge in [0.25, 0.3) is 5.69 Å². The summed E-state index contributed by atoms with van der Waals surface area (Å²) in [6.07, 6.45) is 2.65. The molecule has 6 nitrogen and oxygen atoms in total. The van der Waals surface area contributed by atoms with Crippen molar-refractivity contribution in [2.45, 2.75) is 32.8 Å². The number of aryl methyl sites for hydroxylation is 2. The molecule has 2 rings (SSSR count). The molecule has 0 spiro atoms. The number of nitro groups is 1. The van der Waals surface area contributed by atoms with E-state index in [1.54, 1.807) is 31.4 Å². The van der Waals surface area contributed by atoms with Crippen LogP contribution in [0.4, 0.5) is 5.69 Å². The van der Waals surface area contributed by atoms with E-state index in [-0.39, 0.29) is 10.6 Å². The van der Waals surface area contributed by atoms with E-state index in [0.717, 1.165) is 29.8 Å². The number of rotatable bonds is 7. The molecular weight excluding hydrogens is 282 g/mol. The molecule has 0 bridgehead atoms. The molecule has 0 unspecified atom stereocenters. The summed E-state index contributed by atoms with van der Waals surface area (Å²) in [4.78, 5) is 10.3. The second-order valence-electron chi connectivity index (χ2n) is 5.28. The van der Waals surface area contributed by atoms with Crippen LogP contribution in [0.2, 0.25) is 0 Å².